The zero-order chi connectivity index (χ0) is 20.9. The van der Waals surface area contributed by atoms with Gasteiger partial charge in [0.2, 0.25) is 5.89 Å². The molecule has 1 unspecified atom stereocenters. The lowest BCUT2D eigenvalue weighted by Crippen LogP contribution is -2.38. The third-order valence-electron chi connectivity index (χ3n) is 5.02. The second kappa shape index (κ2) is 9.36. The van der Waals surface area contributed by atoms with Crippen LogP contribution >= 0.6 is 11.8 Å². The molecule has 3 aromatic rings. The lowest BCUT2D eigenvalue weighted by molar-refractivity contribution is -0.145. The number of methoxy groups -OCH3 is 1. The van der Waals surface area contributed by atoms with Gasteiger partial charge in [0.25, 0.3) is 0 Å². The van der Waals surface area contributed by atoms with Gasteiger partial charge in [-0.2, -0.15) is 0 Å². The number of aryl methyl sites for hydroxylation is 1. The summed E-state index contributed by atoms with van der Waals surface area (Å²) in [6.07, 6.45) is 0. The molecule has 4 rings (SSSR count). The predicted molar refractivity (Wildman–Crippen MR) is 116 cm³/mol. The Morgan fingerprint density at radius 2 is 2.07 bits per heavy atom. The van der Waals surface area contributed by atoms with E-state index in [0.29, 0.717) is 19.0 Å². The molecule has 0 N–H and O–H groups in total. The average Bonchev–Trinajstić information content (AvgIpc) is 3.39. The van der Waals surface area contributed by atoms with Crippen LogP contribution in [0.4, 0.5) is 0 Å². The van der Waals surface area contributed by atoms with Crippen molar-refractivity contribution in [1.29, 1.82) is 0 Å². The van der Waals surface area contributed by atoms with E-state index in [1.54, 1.807) is 11.8 Å². The number of carbonyl (C=O) groups excluding carboxylic acids is 1. The minimum Gasteiger partial charge on any atom is -0.487 e. The molecule has 0 bridgehead atoms. The number of carbonyl (C=O) groups is 1. The van der Waals surface area contributed by atoms with Gasteiger partial charge in [0.1, 0.15) is 29.9 Å². The van der Waals surface area contributed by atoms with E-state index < -0.39 is 0 Å². The van der Waals surface area contributed by atoms with Crippen LogP contribution in [0.5, 0.6) is 5.75 Å². The van der Waals surface area contributed by atoms with Crippen molar-refractivity contribution in [2.75, 3.05) is 18.7 Å². The molecule has 156 valence electrons. The number of rotatable bonds is 7. The highest BCUT2D eigenvalue weighted by atomic mass is 32.2. The Kier molecular flexibility index (Phi) is 6.40. The molecule has 1 saturated heterocycles. The molecule has 2 heterocycles. The summed E-state index contributed by atoms with van der Waals surface area (Å²) in [4.78, 5) is 18.7. The molecule has 0 amide bonds. The normalized spacial score (nSPS) is 16.5. The molecule has 1 fully saturated rings. The molecule has 1 atom stereocenters. The molecule has 7 heteroatoms. The zero-order valence-electron chi connectivity index (χ0n) is 17.0. The minimum atomic E-state index is -0.196. The summed E-state index contributed by atoms with van der Waals surface area (Å²) in [7, 11) is 1.44. The topological polar surface area (TPSA) is 64.8 Å². The van der Waals surface area contributed by atoms with Gasteiger partial charge in [0.15, 0.2) is 0 Å². The molecule has 0 saturated carbocycles. The molecule has 1 aliphatic heterocycles. The highest BCUT2D eigenvalue weighted by Gasteiger charge is 2.31. The summed E-state index contributed by atoms with van der Waals surface area (Å²) < 4.78 is 16.7. The highest BCUT2D eigenvalue weighted by Crippen LogP contribution is 2.26. The number of nitrogens with zero attached hydrogens (tertiary/aromatic N) is 2. The van der Waals surface area contributed by atoms with Crippen LogP contribution in [0, 0.1) is 6.92 Å². The molecule has 6 nitrogen and oxygen atoms in total. The Labute approximate surface area is 180 Å². The third kappa shape index (κ3) is 4.68. The standard InChI is InChI=1S/C23H24N2O4S/c1-16-20(24-22(29-16)18-8-4-3-5-9-18)13-28-19-10-6-7-17(11-19)12-25-15-30-14-21(25)23(26)27-2/h3-11,21H,12-15H2,1-2H3. The fraction of sp³-hybridized carbons (Fsp3) is 0.304. The Morgan fingerprint density at radius 3 is 2.87 bits per heavy atom. The van der Waals surface area contributed by atoms with Gasteiger partial charge in [0, 0.05) is 23.7 Å². The zero-order valence-corrected chi connectivity index (χ0v) is 17.9. The van der Waals surface area contributed by atoms with E-state index in [4.69, 9.17) is 13.9 Å². The summed E-state index contributed by atoms with van der Waals surface area (Å²) in [6.45, 7) is 2.90. The number of oxazole rings is 1. The van der Waals surface area contributed by atoms with Gasteiger partial charge < -0.3 is 13.9 Å². The van der Waals surface area contributed by atoms with Gasteiger partial charge in [-0.25, -0.2) is 4.98 Å². The van der Waals surface area contributed by atoms with Gasteiger partial charge >= 0.3 is 5.97 Å². The molecule has 1 aliphatic rings. The van der Waals surface area contributed by atoms with Crippen LogP contribution in [-0.2, 0) is 22.7 Å². The number of ether oxygens (including phenoxy) is 2. The molecular formula is C23H24N2O4S. The number of aromatic nitrogens is 1. The number of esters is 1. The lowest BCUT2D eigenvalue weighted by Gasteiger charge is -2.21. The first-order valence-electron chi connectivity index (χ1n) is 9.77. The van der Waals surface area contributed by atoms with Gasteiger partial charge in [-0.15, -0.1) is 11.8 Å². The molecular weight excluding hydrogens is 400 g/mol. The van der Waals surface area contributed by atoms with E-state index in [1.807, 2.05) is 61.5 Å². The highest BCUT2D eigenvalue weighted by molar-refractivity contribution is 7.99. The fourth-order valence-corrected chi connectivity index (χ4v) is 4.55. The van der Waals surface area contributed by atoms with Crippen molar-refractivity contribution in [3.05, 3.63) is 71.6 Å². The van der Waals surface area contributed by atoms with Crippen LogP contribution < -0.4 is 4.74 Å². The van der Waals surface area contributed by atoms with Gasteiger partial charge in [-0.1, -0.05) is 30.3 Å². The SMILES string of the molecule is COC(=O)C1CSCN1Cc1cccc(OCc2nc(-c3ccccc3)oc2C)c1. The van der Waals surface area contributed by atoms with Gasteiger partial charge in [-0.3, -0.25) is 9.69 Å². The largest absolute Gasteiger partial charge is 0.487 e. The number of hydrogen-bond acceptors (Lipinski definition) is 7. The first kappa shape index (κ1) is 20.5. The van der Waals surface area contributed by atoms with E-state index in [0.717, 1.165) is 40.0 Å². The van der Waals surface area contributed by atoms with Crippen molar-refractivity contribution >= 4 is 17.7 Å². The maximum absolute atomic E-state index is 12.0. The van der Waals surface area contributed by atoms with Crippen LogP contribution in [-0.4, -0.2) is 40.6 Å². The van der Waals surface area contributed by atoms with Crippen molar-refractivity contribution in [3.8, 4) is 17.2 Å². The summed E-state index contributed by atoms with van der Waals surface area (Å²) in [5.41, 5.74) is 2.81. The average molecular weight is 425 g/mol. The first-order valence-corrected chi connectivity index (χ1v) is 10.9. The Bertz CT molecular complexity index is 1010. The summed E-state index contributed by atoms with van der Waals surface area (Å²) in [5.74, 6) is 3.50. The van der Waals surface area contributed by atoms with E-state index in [1.165, 1.54) is 7.11 Å². The van der Waals surface area contributed by atoms with Crippen molar-refractivity contribution in [1.82, 2.24) is 9.88 Å². The lowest BCUT2D eigenvalue weighted by atomic mass is 10.2. The quantitative estimate of drug-likeness (QED) is 0.525. The van der Waals surface area contributed by atoms with Crippen LogP contribution in [0.25, 0.3) is 11.5 Å². The summed E-state index contributed by atoms with van der Waals surface area (Å²) in [5, 5.41) is 0. The van der Waals surface area contributed by atoms with Crippen molar-refractivity contribution in [2.24, 2.45) is 0 Å². The van der Waals surface area contributed by atoms with Crippen LogP contribution in [0.15, 0.2) is 59.0 Å². The number of benzene rings is 2. The van der Waals surface area contributed by atoms with Crippen molar-refractivity contribution < 1.29 is 18.7 Å². The molecule has 0 spiro atoms. The van der Waals surface area contributed by atoms with Crippen LogP contribution in [0.3, 0.4) is 0 Å². The van der Waals surface area contributed by atoms with E-state index in [2.05, 4.69) is 9.88 Å². The second-order valence-electron chi connectivity index (χ2n) is 7.11. The van der Waals surface area contributed by atoms with Crippen LogP contribution in [0.2, 0.25) is 0 Å². The van der Waals surface area contributed by atoms with Gasteiger partial charge in [0.05, 0.1) is 7.11 Å². The maximum atomic E-state index is 12.0. The summed E-state index contributed by atoms with van der Waals surface area (Å²) >= 11 is 1.74. The van der Waals surface area contributed by atoms with Crippen LogP contribution in [0.1, 0.15) is 17.0 Å². The summed E-state index contributed by atoms with van der Waals surface area (Å²) in [6, 6.07) is 17.6. The second-order valence-corrected chi connectivity index (χ2v) is 8.11. The Hall–Kier alpha value is -2.77. The van der Waals surface area contributed by atoms with Crippen molar-refractivity contribution in [3.63, 3.8) is 0 Å². The van der Waals surface area contributed by atoms with E-state index in [-0.39, 0.29) is 12.0 Å². The van der Waals surface area contributed by atoms with E-state index in [9.17, 15) is 4.79 Å². The Morgan fingerprint density at radius 1 is 1.23 bits per heavy atom. The maximum Gasteiger partial charge on any atom is 0.323 e. The third-order valence-corrected chi connectivity index (χ3v) is 6.09. The number of hydrogen-bond donors (Lipinski definition) is 0. The fourth-order valence-electron chi connectivity index (χ4n) is 3.37. The molecule has 0 aliphatic carbocycles. The van der Waals surface area contributed by atoms with Crippen molar-refractivity contribution in [2.45, 2.75) is 26.1 Å². The minimum absolute atomic E-state index is 0.178. The predicted octanol–water partition coefficient (Wildman–Crippen LogP) is 4.28. The smallest absolute Gasteiger partial charge is 0.323 e. The molecule has 30 heavy (non-hydrogen) atoms. The molecule has 0 radical (unpaired) electrons. The first-order chi connectivity index (χ1) is 14.6. The molecule has 1 aromatic heterocycles. The van der Waals surface area contributed by atoms with E-state index >= 15 is 0 Å². The monoisotopic (exact) mass is 424 g/mol. The van der Waals surface area contributed by atoms with Gasteiger partial charge in [-0.05, 0) is 36.8 Å². The Balaban J connectivity index is 1.41. The number of thioether (sulfide) groups is 1. The molecule has 2 aromatic carbocycles.